The molecule has 0 saturated heterocycles. The number of hydrogen-bond acceptors (Lipinski definition) is 3. The second-order valence-corrected chi connectivity index (χ2v) is 5.51. The molecule has 0 heterocycles. The van der Waals surface area contributed by atoms with Crippen LogP contribution in [-0.4, -0.2) is 30.2 Å². The summed E-state index contributed by atoms with van der Waals surface area (Å²) in [5.74, 6) is -0.513. The van der Waals surface area contributed by atoms with Gasteiger partial charge in [-0.25, -0.2) is 0 Å². The normalized spacial score (nSPS) is 10.0. The van der Waals surface area contributed by atoms with Crippen molar-refractivity contribution in [2.45, 2.75) is 13.8 Å². The van der Waals surface area contributed by atoms with Crippen LogP contribution in [0.4, 0.5) is 0 Å². The Morgan fingerprint density at radius 1 is 1.04 bits per heavy atom. The molecule has 0 fully saturated rings. The molecule has 23 heavy (non-hydrogen) atoms. The summed E-state index contributed by atoms with van der Waals surface area (Å²) in [7, 11) is 1.55. The molecule has 0 aromatic heterocycles. The number of rotatable bonds is 4. The van der Waals surface area contributed by atoms with Crippen LogP contribution in [0.5, 0.6) is 0 Å². The molecule has 0 bridgehead atoms. The summed E-state index contributed by atoms with van der Waals surface area (Å²) in [4.78, 5) is 26.7. The van der Waals surface area contributed by atoms with Crippen molar-refractivity contribution in [2.24, 2.45) is 0 Å². The number of hydrogen-bond donors (Lipinski definition) is 0. The van der Waals surface area contributed by atoms with E-state index in [1.165, 1.54) is 4.90 Å². The van der Waals surface area contributed by atoms with E-state index >= 15 is 0 Å². The van der Waals surface area contributed by atoms with Crippen LogP contribution in [0, 0.1) is 25.2 Å². The average molecular weight is 306 g/mol. The average Bonchev–Trinajstić information content (AvgIpc) is 2.56. The Morgan fingerprint density at radius 2 is 1.70 bits per heavy atom. The van der Waals surface area contributed by atoms with Gasteiger partial charge in [0.05, 0.1) is 11.6 Å². The van der Waals surface area contributed by atoms with E-state index in [-0.39, 0.29) is 18.2 Å². The van der Waals surface area contributed by atoms with Crippen LogP contribution in [-0.2, 0) is 0 Å². The first-order chi connectivity index (χ1) is 11.0. The van der Waals surface area contributed by atoms with E-state index in [0.717, 1.165) is 11.1 Å². The molecule has 2 aromatic carbocycles. The molecule has 0 atom stereocenters. The first-order valence-corrected chi connectivity index (χ1v) is 7.29. The minimum absolute atomic E-state index is 0.0230. The molecule has 0 radical (unpaired) electrons. The lowest BCUT2D eigenvalue weighted by Gasteiger charge is -2.16. The quantitative estimate of drug-likeness (QED) is 0.644. The Hall–Kier alpha value is -2.93. The van der Waals surface area contributed by atoms with Crippen LogP contribution in [0.15, 0.2) is 42.5 Å². The van der Waals surface area contributed by atoms with E-state index in [9.17, 15) is 9.59 Å². The zero-order valence-electron chi connectivity index (χ0n) is 13.5. The third kappa shape index (κ3) is 3.46. The summed E-state index contributed by atoms with van der Waals surface area (Å²) in [5, 5.41) is 8.75. The maximum absolute atomic E-state index is 12.9. The molecule has 2 rings (SSSR count). The van der Waals surface area contributed by atoms with Crippen molar-refractivity contribution in [2.75, 3.05) is 13.6 Å². The summed E-state index contributed by atoms with van der Waals surface area (Å²) >= 11 is 0. The zero-order chi connectivity index (χ0) is 17.0. The Bertz CT molecular complexity index is 803. The van der Waals surface area contributed by atoms with Crippen LogP contribution < -0.4 is 0 Å². The minimum atomic E-state index is -0.333. The molecule has 0 aliphatic carbocycles. The second-order valence-electron chi connectivity index (χ2n) is 5.51. The Balaban J connectivity index is 2.49. The lowest BCUT2D eigenvalue weighted by atomic mass is 9.94. The smallest absolute Gasteiger partial charge is 0.255 e. The number of nitriles is 1. The summed E-state index contributed by atoms with van der Waals surface area (Å²) < 4.78 is 0. The van der Waals surface area contributed by atoms with E-state index in [2.05, 4.69) is 0 Å². The van der Waals surface area contributed by atoms with E-state index in [1.54, 1.807) is 31.3 Å². The number of amides is 1. The molecule has 4 nitrogen and oxygen atoms in total. The molecule has 4 heteroatoms. The maximum Gasteiger partial charge on any atom is 0.255 e. The van der Waals surface area contributed by atoms with Crippen LogP contribution in [0.3, 0.4) is 0 Å². The number of nitrogens with zero attached hydrogens (tertiary/aromatic N) is 2. The molecule has 1 amide bonds. The fourth-order valence-electron chi connectivity index (χ4n) is 2.38. The fourth-order valence-corrected chi connectivity index (χ4v) is 2.38. The lowest BCUT2D eigenvalue weighted by molar-refractivity contribution is 0.0807. The highest BCUT2D eigenvalue weighted by Crippen LogP contribution is 2.19. The van der Waals surface area contributed by atoms with Crippen LogP contribution >= 0.6 is 0 Å². The van der Waals surface area contributed by atoms with Crippen LogP contribution in [0.1, 0.15) is 37.4 Å². The van der Waals surface area contributed by atoms with Gasteiger partial charge in [-0.05, 0) is 31.5 Å². The van der Waals surface area contributed by atoms with Crippen molar-refractivity contribution in [3.05, 3.63) is 70.3 Å². The van der Waals surface area contributed by atoms with Gasteiger partial charge >= 0.3 is 0 Å². The van der Waals surface area contributed by atoms with Gasteiger partial charge in [-0.2, -0.15) is 5.26 Å². The van der Waals surface area contributed by atoms with Gasteiger partial charge in [0.1, 0.15) is 6.54 Å². The van der Waals surface area contributed by atoms with Crippen molar-refractivity contribution in [1.82, 2.24) is 4.90 Å². The SMILES string of the molecule is Cc1ccc(C)c(C(=O)c2ccccc2C(=O)N(C)CC#N)c1. The van der Waals surface area contributed by atoms with E-state index in [1.807, 2.05) is 38.1 Å². The second kappa shape index (κ2) is 6.89. The van der Waals surface area contributed by atoms with Crippen LogP contribution in [0.25, 0.3) is 0 Å². The van der Waals surface area contributed by atoms with Gasteiger partial charge in [0.25, 0.3) is 5.91 Å². The molecule has 0 saturated carbocycles. The van der Waals surface area contributed by atoms with E-state index < -0.39 is 0 Å². The molecule has 2 aromatic rings. The van der Waals surface area contributed by atoms with E-state index in [0.29, 0.717) is 16.7 Å². The first-order valence-electron chi connectivity index (χ1n) is 7.29. The van der Waals surface area contributed by atoms with Gasteiger partial charge in [0, 0.05) is 18.2 Å². The Morgan fingerprint density at radius 3 is 2.35 bits per heavy atom. The fraction of sp³-hybridized carbons (Fsp3) is 0.211. The lowest BCUT2D eigenvalue weighted by Crippen LogP contribution is -2.28. The van der Waals surface area contributed by atoms with Gasteiger partial charge in [0.15, 0.2) is 5.78 Å². The molecule has 0 spiro atoms. The highest BCUT2D eigenvalue weighted by Gasteiger charge is 2.21. The van der Waals surface area contributed by atoms with E-state index in [4.69, 9.17) is 5.26 Å². The van der Waals surface area contributed by atoms with Crippen molar-refractivity contribution in [1.29, 1.82) is 5.26 Å². The number of benzene rings is 2. The van der Waals surface area contributed by atoms with Gasteiger partial charge in [-0.3, -0.25) is 9.59 Å². The van der Waals surface area contributed by atoms with Gasteiger partial charge in [-0.1, -0.05) is 35.9 Å². The highest BCUT2D eigenvalue weighted by molar-refractivity contribution is 6.15. The van der Waals surface area contributed by atoms with Gasteiger partial charge in [-0.15, -0.1) is 0 Å². The number of carbonyl (C=O) groups excluding carboxylic acids is 2. The Labute approximate surface area is 136 Å². The van der Waals surface area contributed by atoms with Crippen LogP contribution in [0.2, 0.25) is 0 Å². The first kappa shape index (κ1) is 16.4. The molecule has 0 aliphatic rings. The molecule has 0 N–H and O–H groups in total. The predicted molar refractivity (Wildman–Crippen MR) is 88.4 cm³/mol. The van der Waals surface area contributed by atoms with Crippen molar-refractivity contribution < 1.29 is 9.59 Å². The predicted octanol–water partition coefficient (Wildman–Crippen LogP) is 3.13. The monoisotopic (exact) mass is 306 g/mol. The standard InChI is InChI=1S/C19H18N2O2/c1-13-8-9-14(2)17(12-13)18(22)15-6-4-5-7-16(15)19(23)21(3)11-10-20/h4-9,12H,11H2,1-3H3. The third-order valence-electron chi connectivity index (χ3n) is 3.69. The number of ketones is 1. The molecule has 0 aliphatic heterocycles. The largest absolute Gasteiger partial charge is 0.328 e. The van der Waals surface area contributed by atoms with Gasteiger partial charge < -0.3 is 4.90 Å². The third-order valence-corrected chi connectivity index (χ3v) is 3.69. The number of aryl methyl sites for hydroxylation is 2. The van der Waals surface area contributed by atoms with Gasteiger partial charge in [0.2, 0.25) is 0 Å². The summed E-state index contributed by atoms with van der Waals surface area (Å²) in [6.45, 7) is 3.78. The summed E-state index contributed by atoms with van der Waals surface area (Å²) in [5.41, 5.74) is 3.12. The minimum Gasteiger partial charge on any atom is -0.328 e. The molecule has 0 unspecified atom stereocenters. The number of carbonyl (C=O) groups is 2. The van der Waals surface area contributed by atoms with Crippen molar-refractivity contribution >= 4 is 11.7 Å². The molecule has 116 valence electrons. The summed E-state index contributed by atoms with van der Waals surface area (Å²) in [6, 6.07) is 14.3. The topological polar surface area (TPSA) is 61.2 Å². The van der Waals surface area contributed by atoms with Crippen molar-refractivity contribution in [3.63, 3.8) is 0 Å². The molecular formula is C19H18N2O2. The Kier molecular flexibility index (Phi) is 4.92. The summed E-state index contributed by atoms with van der Waals surface area (Å²) in [6.07, 6.45) is 0. The highest BCUT2D eigenvalue weighted by atomic mass is 16.2. The maximum atomic E-state index is 12.9. The zero-order valence-corrected chi connectivity index (χ0v) is 13.5. The molecular weight excluding hydrogens is 288 g/mol. The van der Waals surface area contributed by atoms with Crippen molar-refractivity contribution in [3.8, 4) is 6.07 Å².